The van der Waals surface area contributed by atoms with E-state index in [1.807, 2.05) is 26.8 Å². The molecular weight excluding hydrogens is 362 g/mol. The summed E-state index contributed by atoms with van der Waals surface area (Å²) in [5, 5.41) is 3.45. The molecule has 0 saturated heterocycles. The molecule has 0 aliphatic heterocycles. The lowest BCUT2D eigenvalue weighted by molar-refractivity contribution is -0.111. The van der Waals surface area contributed by atoms with Crippen LogP contribution in [0.5, 0.6) is 0 Å². The van der Waals surface area contributed by atoms with E-state index in [0.717, 1.165) is 43.4 Å². The smallest absolute Gasteiger partial charge is 0.341 e. The first-order chi connectivity index (χ1) is 13.0. The van der Waals surface area contributed by atoms with Crippen molar-refractivity contribution in [2.45, 2.75) is 59.0 Å². The quantitative estimate of drug-likeness (QED) is 0.551. The fourth-order valence-electron chi connectivity index (χ4n) is 3.05. The first kappa shape index (κ1) is 19.4. The number of hydrogen-bond donors (Lipinski definition) is 1. The summed E-state index contributed by atoms with van der Waals surface area (Å²) >= 11 is 1.49. The van der Waals surface area contributed by atoms with Crippen LogP contribution in [-0.2, 0) is 22.4 Å². The highest BCUT2D eigenvalue weighted by atomic mass is 32.1. The molecule has 5 nitrogen and oxygen atoms in total. The summed E-state index contributed by atoms with van der Waals surface area (Å²) in [5.74, 6) is 0.769. The number of carbonyl (C=O) groups excluding carboxylic acids is 2. The highest BCUT2D eigenvalue weighted by molar-refractivity contribution is 7.17. The third-order valence-electron chi connectivity index (χ3n) is 4.66. The number of rotatable bonds is 6. The third kappa shape index (κ3) is 4.69. The van der Waals surface area contributed by atoms with E-state index in [9.17, 15) is 9.59 Å². The standard InChI is InChI=1S/C21H25NO4S/c1-4-13(2)26-21(24)19-16-7-5-6-8-17(16)27-20(19)22-18(23)12-11-15-10-9-14(3)25-15/h9-13H,4-8H2,1-3H3,(H,22,23)/b12-11+. The van der Waals surface area contributed by atoms with E-state index in [-0.39, 0.29) is 18.0 Å². The Morgan fingerprint density at radius 2 is 2.11 bits per heavy atom. The predicted octanol–water partition coefficient (Wildman–Crippen LogP) is 5.14. The van der Waals surface area contributed by atoms with Gasteiger partial charge >= 0.3 is 5.97 Å². The maximum Gasteiger partial charge on any atom is 0.341 e. The van der Waals surface area contributed by atoms with Gasteiger partial charge < -0.3 is 14.5 Å². The molecule has 0 saturated carbocycles. The number of anilines is 1. The van der Waals surface area contributed by atoms with E-state index in [0.29, 0.717) is 16.3 Å². The highest BCUT2D eigenvalue weighted by Crippen LogP contribution is 2.38. The molecule has 0 spiro atoms. The normalized spacial score (nSPS) is 14.8. The molecule has 1 aliphatic rings. The third-order valence-corrected chi connectivity index (χ3v) is 5.86. The Kier molecular flexibility index (Phi) is 6.16. The molecule has 0 bridgehead atoms. The van der Waals surface area contributed by atoms with Gasteiger partial charge in [0.1, 0.15) is 16.5 Å². The van der Waals surface area contributed by atoms with Crippen LogP contribution in [-0.4, -0.2) is 18.0 Å². The van der Waals surface area contributed by atoms with Gasteiger partial charge in [0.15, 0.2) is 0 Å². The number of esters is 1. The summed E-state index contributed by atoms with van der Waals surface area (Å²) in [7, 11) is 0. The minimum atomic E-state index is -0.343. The lowest BCUT2D eigenvalue weighted by Crippen LogP contribution is -2.18. The summed E-state index contributed by atoms with van der Waals surface area (Å²) in [6, 6.07) is 3.64. The predicted molar refractivity (Wildman–Crippen MR) is 107 cm³/mol. The largest absolute Gasteiger partial charge is 0.462 e. The minimum absolute atomic E-state index is 0.151. The van der Waals surface area contributed by atoms with Gasteiger partial charge in [0.25, 0.3) is 0 Å². The summed E-state index contributed by atoms with van der Waals surface area (Å²) in [5.41, 5.74) is 1.58. The van der Waals surface area contributed by atoms with Gasteiger partial charge in [-0.25, -0.2) is 4.79 Å². The number of ether oxygens (including phenoxy) is 1. The van der Waals surface area contributed by atoms with E-state index in [4.69, 9.17) is 9.15 Å². The van der Waals surface area contributed by atoms with Crippen LogP contribution in [0.25, 0.3) is 6.08 Å². The molecule has 1 unspecified atom stereocenters. The average Bonchev–Trinajstić information content (AvgIpc) is 3.22. The number of carbonyl (C=O) groups is 2. The first-order valence-corrected chi connectivity index (χ1v) is 10.2. The average molecular weight is 388 g/mol. The number of hydrogen-bond acceptors (Lipinski definition) is 5. The van der Waals surface area contributed by atoms with Crippen molar-refractivity contribution in [1.29, 1.82) is 0 Å². The zero-order valence-electron chi connectivity index (χ0n) is 16.0. The van der Waals surface area contributed by atoms with Gasteiger partial charge in [-0.15, -0.1) is 11.3 Å². The van der Waals surface area contributed by atoms with Crippen molar-refractivity contribution >= 4 is 34.3 Å². The molecule has 0 radical (unpaired) electrons. The molecule has 0 aromatic carbocycles. The molecule has 1 atom stereocenters. The zero-order valence-corrected chi connectivity index (χ0v) is 16.8. The van der Waals surface area contributed by atoms with Gasteiger partial charge in [0.05, 0.1) is 11.7 Å². The molecule has 1 N–H and O–H groups in total. The second-order valence-corrected chi connectivity index (χ2v) is 7.92. The second-order valence-electron chi connectivity index (χ2n) is 6.81. The van der Waals surface area contributed by atoms with Gasteiger partial charge in [-0.3, -0.25) is 4.79 Å². The molecule has 2 aromatic rings. The number of furan rings is 1. The SMILES string of the molecule is CCC(C)OC(=O)c1c(NC(=O)/C=C/c2ccc(C)o2)sc2c1CCCC2. The second kappa shape index (κ2) is 8.57. The van der Waals surface area contributed by atoms with Crippen LogP contribution in [0.4, 0.5) is 5.00 Å². The molecule has 144 valence electrons. The topological polar surface area (TPSA) is 68.5 Å². The Morgan fingerprint density at radius 3 is 2.81 bits per heavy atom. The number of fused-ring (bicyclic) bond motifs is 1. The monoisotopic (exact) mass is 387 g/mol. The van der Waals surface area contributed by atoms with Crippen LogP contribution >= 0.6 is 11.3 Å². The fraction of sp³-hybridized carbons (Fsp3) is 0.429. The van der Waals surface area contributed by atoms with Crippen molar-refractivity contribution < 1.29 is 18.7 Å². The van der Waals surface area contributed by atoms with Crippen molar-refractivity contribution in [3.63, 3.8) is 0 Å². The van der Waals surface area contributed by atoms with E-state index in [2.05, 4.69) is 5.32 Å². The van der Waals surface area contributed by atoms with Gasteiger partial charge in [0.2, 0.25) is 5.91 Å². The van der Waals surface area contributed by atoms with Crippen LogP contribution in [0, 0.1) is 6.92 Å². The van der Waals surface area contributed by atoms with Crippen LogP contribution in [0.15, 0.2) is 22.6 Å². The molecule has 6 heteroatoms. The Bertz CT molecular complexity index is 862. The summed E-state index contributed by atoms with van der Waals surface area (Å²) in [6.45, 7) is 5.71. The Labute approximate surface area is 163 Å². The molecule has 2 heterocycles. The van der Waals surface area contributed by atoms with Gasteiger partial charge in [0, 0.05) is 11.0 Å². The molecule has 27 heavy (non-hydrogen) atoms. The van der Waals surface area contributed by atoms with Gasteiger partial charge in [-0.2, -0.15) is 0 Å². The van der Waals surface area contributed by atoms with Crippen LogP contribution in [0.1, 0.15) is 65.4 Å². The maximum atomic E-state index is 12.7. The van der Waals surface area contributed by atoms with Crippen molar-refractivity contribution in [3.05, 3.63) is 45.7 Å². The van der Waals surface area contributed by atoms with E-state index < -0.39 is 0 Å². The molecule has 3 rings (SSSR count). The summed E-state index contributed by atoms with van der Waals surface area (Å²) in [4.78, 5) is 26.3. The van der Waals surface area contributed by atoms with Gasteiger partial charge in [-0.05, 0) is 69.7 Å². The zero-order chi connectivity index (χ0) is 19.4. The van der Waals surface area contributed by atoms with E-state index >= 15 is 0 Å². The number of thiophene rings is 1. The highest BCUT2D eigenvalue weighted by Gasteiger charge is 2.27. The van der Waals surface area contributed by atoms with Crippen molar-refractivity contribution in [2.24, 2.45) is 0 Å². The number of aryl methyl sites for hydroxylation is 2. The lowest BCUT2D eigenvalue weighted by atomic mass is 9.95. The van der Waals surface area contributed by atoms with Crippen LogP contribution < -0.4 is 5.32 Å². The molecule has 1 amide bonds. The molecule has 2 aromatic heterocycles. The van der Waals surface area contributed by atoms with E-state index in [1.165, 1.54) is 22.3 Å². The Morgan fingerprint density at radius 1 is 1.33 bits per heavy atom. The van der Waals surface area contributed by atoms with Gasteiger partial charge in [-0.1, -0.05) is 6.92 Å². The van der Waals surface area contributed by atoms with Crippen molar-refractivity contribution in [3.8, 4) is 0 Å². The number of amides is 1. The first-order valence-electron chi connectivity index (χ1n) is 9.39. The minimum Gasteiger partial charge on any atom is -0.462 e. The summed E-state index contributed by atoms with van der Waals surface area (Å²) in [6.07, 6.45) is 7.60. The molecule has 0 fully saturated rings. The number of nitrogens with one attached hydrogen (secondary N) is 1. The maximum absolute atomic E-state index is 12.7. The lowest BCUT2D eigenvalue weighted by Gasteiger charge is -2.15. The summed E-state index contributed by atoms with van der Waals surface area (Å²) < 4.78 is 11.0. The van der Waals surface area contributed by atoms with Crippen molar-refractivity contribution in [2.75, 3.05) is 5.32 Å². The Balaban J connectivity index is 1.81. The molecule has 1 aliphatic carbocycles. The van der Waals surface area contributed by atoms with E-state index in [1.54, 1.807) is 12.1 Å². The fourth-order valence-corrected chi connectivity index (χ4v) is 4.33. The van der Waals surface area contributed by atoms with Crippen LogP contribution in [0.3, 0.4) is 0 Å². The molecular formula is C21H25NO4S. The van der Waals surface area contributed by atoms with Crippen LogP contribution in [0.2, 0.25) is 0 Å². The van der Waals surface area contributed by atoms with Crippen molar-refractivity contribution in [1.82, 2.24) is 0 Å². The Hall–Kier alpha value is -2.34.